The second kappa shape index (κ2) is 5.80. The summed E-state index contributed by atoms with van der Waals surface area (Å²) in [5, 5.41) is 3.63. The van der Waals surface area contributed by atoms with E-state index in [0.717, 1.165) is 24.5 Å². The number of nitrogens with one attached hydrogen (secondary N) is 1. The summed E-state index contributed by atoms with van der Waals surface area (Å²) in [5.74, 6) is 1.77. The Morgan fingerprint density at radius 3 is 2.89 bits per heavy atom. The van der Waals surface area contributed by atoms with Gasteiger partial charge in [-0.15, -0.1) is 0 Å². The molecule has 1 atom stereocenters. The fraction of sp³-hybridized carbons (Fsp3) is 0.600. The van der Waals surface area contributed by atoms with Crippen LogP contribution in [-0.2, 0) is 6.42 Å². The molecule has 0 radical (unpaired) electrons. The van der Waals surface area contributed by atoms with Gasteiger partial charge in [0.05, 0.1) is 0 Å². The molecule has 2 aliphatic rings. The molecule has 0 saturated carbocycles. The zero-order valence-electron chi connectivity index (χ0n) is 11.5. The first-order chi connectivity index (χ1) is 9.31. The highest BCUT2D eigenvalue weighted by Gasteiger charge is 2.18. The van der Waals surface area contributed by atoms with Crippen molar-refractivity contribution in [1.29, 1.82) is 0 Å². The minimum Gasteiger partial charge on any atom is -0.486 e. The second-order valence-corrected chi connectivity index (χ2v) is 5.43. The van der Waals surface area contributed by atoms with Crippen molar-refractivity contribution in [3.05, 3.63) is 23.8 Å². The van der Waals surface area contributed by atoms with Gasteiger partial charge in [0.2, 0.25) is 0 Å². The van der Waals surface area contributed by atoms with E-state index in [1.165, 1.54) is 25.1 Å². The number of rotatable bonds is 4. The molecule has 1 saturated heterocycles. The lowest BCUT2D eigenvalue weighted by atomic mass is 10.1. The zero-order valence-corrected chi connectivity index (χ0v) is 11.5. The summed E-state index contributed by atoms with van der Waals surface area (Å²) in [7, 11) is 2.18. The van der Waals surface area contributed by atoms with Gasteiger partial charge in [0.1, 0.15) is 13.2 Å². The normalized spacial score (nSPS) is 22.7. The van der Waals surface area contributed by atoms with E-state index in [1.54, 1.807) is 0 Å². The molecule has 104 valence electrons. The van der Waals surface area contributed by atoms with E-state index < -0.39 is 0 Å². The number of hydrogen-bond donors (Lipinski definition) is 1. The Morgan fingerprint density at radius 1 is 1.26 bits per heavy atom. The first kappa shape index (κ1) is 12.8. The maximum absolute atomic E-state index is 5.61. The second-order valence-electron chi connectivity index (χ2n) is 5.43. The molecular weight excluding hydrogens is 240 g/mol. The molecule has 1 fully saturated rings. The third-order valence-corrected chi connectivity index (χ3v) is 3.84. The summed E-state index contributed by atoms with van der Waals surface area (Å²) < 4.78 is 11.1. The summed E-state index contributed by atoms with van der Waals surface area (Å²) in [6, 6.07) is 6.92. The number of ether oxygens (including phenoxy) is 2. The van der Waals surface area contributed by atoms with Gasteiger partial charge in [0.15, 0.2) is 11.5 Å². The molecule has 1 unspecified atom stereocenters. The van der Waals surface area contributed by atoms with Crippen molar-refractivity contribution in [2.75, 3.05) is 39.9 Å². The molecular formula is C15H22N2O2. The molecule has 3 rings (SSSR count). The van der Waals surface area contributed by atoms with Gasteiger partial charge in [-0.3, -0.25) is 0 Å². The molecule has 0 amide bonds. The molecule has 2 aliphatic heterocycles. The third kappa shape index (κ3) is 3.19. The quantitative estimate of drug-likeness (QED) is 0.886. The molecule has 0 aliphatic carbocycles. The molecule has 0 bridgehead atoms. The Balaban J connectivity index is 1.50. The van der Waals surface area contributed by atoms with Gasteiger partial charge in [-0.1, -0.05) is 6.07 Å². The number of fused-ring (bicyclic) bond motifs is 1. The third-order valence-electron chi connectivity index (χ3n) is 3.84. The smallest absolute Gasteiger partial charge is 0.161 e. The Bertz CT molecular complexity index is 436. The van der Waals surface area contributed by atoms with Crippen LogP contribution in [-0.4, -0.2) is 50.8 Å². The minimum atomic E-state index is 0.655. The molecule has 19 heavy (non-hydrogen) atoms. The van der Waals surface area contributed by atoms with E-state index in [1.807, 2.05) is 6.07 Å². The monoisotopic (exact) mass is 262 g/mol. The topological polar surface area (TPSA) is 33.7 Å². The summed E-state index contributed by atoms with van der Waals surface area (Å²) in [4.78, 5) is 2.38. The van der Waals surface area contributed by atoms with Crippen LogP contribution < -0.4 is 14.8 Å². The van der Waals surface area contributed by atoms with Crippen LogP contribution in [0.3, 0.4) is 0 Å². The number of nitrogens with zero attached hydrogens (tertiary/aromatic N) is 1. The van der Waals surface area contributed by atoms with Gasteiger partial charge >= 0.3 is 0 Å². The van der Waals surface area contributed by atoms with E-state index in [0.29, 0.717) is 19.3 Å². The fourth-order valence-electron chi connectivity index (χ4n) is 2.77. The first-order valence-corrected chi connectivity index (χ1v) is 7.12. The standard InChI is InChI=1S/C15H22N2O2/c1-17-7-5-13(11-17)16-6-4-12-2-3-14-15(10-12)19-9-8-18-14/h2-3,10,13,16H,4-9,11H2,1H3. The highest BCUT2D eigenvalue weighted by Crippen LogP contribution is 2.30. The molecule has 4 nitrogen and oxygen atoms in total. The Morgan fingerprint density at radius 2 is 2.11 bits per heavy atom. The number of likely N-dealkylation sites (N-methyl/N-ethyl adjacent to an activating group) is 1. The predicted octanol–water partition coefficient (Wildman–Crippen LogP) is 1.29. The van der Waals surface area contributed by atoms with Crippen LogP contribution in [0.25, 0.3) is 0 Å². The first-order valence-electron chi connectivity index (χ1n) is 7.12. The van der Waals surface area contributed by atoms with Crippen molar-refractivity contribution in [2.24, 2.45) is 0 Å². The number of hydrogen-bond acceptors (Lipinski definition) is 4. The molecule has 0 spiro atoms. The lowest BCUT2D eigenvalue weighted by molar-refractivity contribution is 0.171. The molecule has 1 aromatic rings. The number of benzene rings is 1. The highest BCUT2D eigenvalue weighted by molar-refractivity contribution is 5.43. The summed E-state index contributed by atoms with van der Waals surface area (Å²) >= 11 is 0. The molecule has 1 N–H and O–H groups in total. The number of likely N-dealkylation sites (tertiary alicyclic amines) is 1. The van der Waals surface area contributed by atoms with Crippen molar-refractivity contribution >= 4 is 0 Å². The Kier molecular flexibility index (Phi) is 3.89. The summed E-state index contributed by atoms with van der Waals surface area (Å²) in [5.41, 5.74) is 1.31. The van der Waals surface area contributed by atoms with Gasteiger partial charge in [0, 0.05) is 12.6 Å². The predicted molar refractivity (Wildman–Crippen MR) is 75.0 cm³/mol. The molecule has 0 aromatic heterocycles. The van der Waals surface area contributed by atoms with Crippen LogP contribution in [0.4, 0.5) is 0 Å². The van der Waals surface area contributed by atoms with E-state index in [4.69, 9.17) is 9.47 Å². The van der Waals surface area contributed by atoms with Crippen LogP contribution in [0.15, 0.2) is 18.2 Å². The van der Waals surface area contributed by atoms with Crippen molar-refractivity contribution in [1.82, 2.24) is 10.2 Å². The Labute approximate surface area is 114 Å². The van der Waals surface area contributed by atoms with Gasteiger partial charge in [-0.2, -0.15) is 0 Å². The van der Waals surface area contributed by atoms with Crippen molar-refractivity contribution in [3.63, 3.8) is 0 Å². The molecule has 4 heteroatoms. The lowest BCUT2D eigenvalue weighted by Crippen LogP contribution is -2.32. The van der Waals surface area contributed by atoms with Crippen LogP contribution in [0.5, 0.6) is 11.5 Å². The lowest BCUT2D eigenvalue weighted by Gasteiger charge is -2.19. The van der Waals surface area contributed by atoms with Crippen LogP contribution in [0, 0.1) is 0 Å². The maximum atomic E-state index is 5.61. The summed E-state index contributed by atoms with van der Waals surface area (Å²) in [6.07, 6.45) is 2.30. The van der Waals surface area contributed by atoms with Gasteiger partial charge in [0.25, 0.3) is 0 Å². The van der Waals surface area contributed by atoms with E-state index in [2.05, 4.69) is 29.4 Å². The zero-order chi connectivity index (χ0) is 13.1. The van der Waals surface area contributed by atoms with Gasteiger partial charge in [-0.25, -0.2) is 0 Å². The van der Waals surface area contributed by atoms with Gasteiger partial charge in [-0.05, 0) is 50.7 Å². The fourth-order valence-corrected chi connectivity index (χ4v) is 2.77. The Hall–Kier alpha value is -1.26. The average molecular weight is 262 g/mol. The van der Waals surface area contributed by atoms with Crippen molar-refractivity contribution in [3.8, 4) is 11.5 Å². The summed E-state index contributed by atoms with van der Waals surface area (Å²) in [6.45, 7) is 4.72. The van der Waals surface area contributed by atoms with Crippen LogP contribution in [0.2, 0.25) is 0 Å². The van der Waals surface area contributed by atoms with Crippen LogP contribution >= 0.6 is 0 Å². The largest absolute Gasteiger partial charge is 0.486 e. The van der Waals surface area contributed by atoms with E-state index in [-0.39, 0.29) is 0 Å². The van der Waals surface area contributed by atoms with Gasteiger partial charge < -0.3 is 19.7 Å². The average Bonchev–Trinajstić information content (AvgIpc) is 2.84. The van der Waals surface area contributed by atoms with E-state index >= 15 is 0 Å². The molecule has 2 heterocycles. The van der Waals surface area contributed by atoms with Crippen LogP contribution in [0.1, 0.15) is 12.0 Å². The minimum absolute atomic E-state index is 0.655. The van der Waals surface area contributed by atoms with E-state index in [9.17, 15) is 0 Å². The molecule has 1 aromatic carbocycles. The van der Waals surface area contributed by atoms with Crippen molar-refractivity contribution < 1.29 is 9.47 Å². The maximum Gasteiger partial charge on any atom is 0.161 e. The highest BCUT2D eigenvalue weighted by atomic mass is 16.6. The SMILES string of the molecule is CN1CCC(NCCc2ccc3c(c2)OCCO3)C1. The van der Waals surface area contributed by atoms with Crippen molar-refractivity contribution in [2.45, 2.75) is 18.9 Å².